The van der Waals surface area contributed by atoms with Gasteiger partial charge in [-0.25, -0.2) is 0 Å². The van der Waals surface area contributed by atoms with Gasteiger partial charge >= 0.3 is 0 Å². The maximum atomic E-state index is 10.5. The topological polar surface area (TPSA) is 55.1 Å². The van der Waals surface area contributed by atoms with Gasteiger partial charge in [0.25, 0.3) is 0 Å². The first-order chi connectivity index (χ1) is 7.78. The van der Waals surface area contributed by atoms with Crippen LogP contribution in [0.1, 0.15) is 10.4 Å². The summed E-state index contributed by atoms with van der Waals surface area (Å²) in [6, 6.07) is 14.7. The molecule has 0 aliphatic rings. The third kappa shape index (κ3) is 2.39. The van der Waals surface area contributed by atoms with Crippen LogP contribution in [0.15, 0.2) is 48.5 Å². The largest absolute Gasteiger partial charge is 0.399 e. The molecule has 0 unspecified atom stereocenters. The maximum absolute atomic E-state index is 10.5. The van der Waals surface area contributed by atoms with Gasteiger partial charge in [0.05, 0.1) is 0 Å². The highest BCUT2D eigenvalue weighted by atomic mass is 16.1. The predicted octanol–water partition coefficient (Wildman–Crippen LogP) is 2.82. The molecule has 0 aliphatic heterocycles. The molecule has 0 amide bonds. The molecule has 0 saturated heterocycles. The molecule has 0 heterocycles. The third-order valence-electron chi connectivity index (χ3n) is 2.25. The molecule has 0 atom stereocenters. The smallest absolute Gasteiger partial charge is 0.150 e. The fourth-order valence-electron chi connectivity index (χ4n) is 1.38. The Balaban J connectivity index is 2.14. The molecule has 0 aliphatic carbocycles. The Hall–Kier alpha value is -2.29. The molecule has 0 fully saturated rings. The summed E-state index contributed by atoms with van der Waals surface area (Å²) in [4.78, 5) is 10.5. The Labute approximate surface area is 93.9 Å². The van der Waals surface area contributed by atoms with E-state index in [0.717, 1.165) is 23.3 Å². The van der Waals surface area contributed by atoms with E-state index in [2.05, 4.69) is 5.32 Å². The first-order valence-electron chi connectivity index (χ1n) is 4.96. The Bertz CT molecular complexity index is 474. The Morgan fingerprint density at radius 3 is 1.88 bits per heavy atom. The quantitative estimate of drug-likeness (QED) is 0.607. The minimum atomic E-state index is 0.669. The number of hydrogen-bond acceptors (Lipinski definition) is 3. The van der Waals surface area contributed by atoms with Crippen molar-refractivity contribution >= 4 is 23.3 Å². The van der Waals surface area contributed by atoms with Crippen molar-refractivity contribution in [3.63, 3.8) is 0 Å². The number of nitrogens with two attached hydrogens (primary N) is 1. The van der Waals surface area contributed by atoms with Crippen LogP contribution in [0.25, 0.3) is 0 Å². The molecule has 2 aromatic rings. The van der Waals surface area contributed by atoms with E-state index in [-0.39, 0.29) is 0 Å². The van der Waals surface area contributed by atoms with Gasteiger partial charge in [0.2, 0.25) is 0 Å². The molecule has 0 saturated carbocycles. The molecular formula is C13H12N2O. The highest BCUT2D eigenvalue weighted by molar-refractivity contribution is 5.76. The van der Waals surface area contributed by atoms with Gasteiger partial charge in [-0.15, -0.1) is 0 Å². The van der Waals surface area contributed by atoms with E-state index in [4.69, 9.17) is 5.73 Å². The molecule has 80 valence electrons. The van der Waals surface area contributed by atoms with Crippen LogP contribution in [0.4, 0.5) is 17.1 Å². The van der Waals surface area contributed by atoms with Crippen LogP contribution in [0.5, 0.6) is 0 Å². The SMILES string of the molecule is Nc1ccc(Nc2ccc(C=O)cc2)cc1. The fraction of sp³-hybridized carbons (Fsp3) is 0. The van der Waals surface area contributed by atoms with Crippen LogP contribution in [0.2, 0.25) is 0 Å². The van der Waals surface area contributed by atoms with E-state index in [1.54, 1.807) is 12.1 Å². The lowest BCUT2D eigenvalue weighted by molar-refractivity contribution is 0.112. The summed E-state index contributed by atoms with van der Waals surface area (Å²) in [5.74, 6) is 0. The first-order valence-corrected chi connectivity index (χ1v) is 4.96. The van der Waals surface area contributed by atoms with Crippen molar-refractivity contribution in [2.45, 2.75) is 0 Å². The van der Waals surface area contributed by atoms with Crippen molar-refractivity contribution in [2.75, 3.05) is 11.1 Å². The van der Waals surface area contributed by atoms with Gasteiger partial charge < -0.3 is 11.1 Å². The second kappa shape index (κ2) is 4.49. The maximum Gasteiger partial charge on any atom is 0.150 e. The van der Waals surface area contributed by atoms with E-state index >= 15 is 0 Å². The van der Waals surface area contributed by atoms with Crippen molar-refractivity contribution in [2.24, 2.45) is 0 Å². The number of aldehydes is 1. The number of rotatable bonds is 3. The van der Waals surface area contributed by atoms with Crippen molar-refractivity contribution in [1.82, 2.24) is 0 Å². The van der Waals surface area contributed by atoms with E-state index < -0.39 is 0 Å². The number of nitrogens with one attached hydrogen (secondary N) is 1. The Kier molecular flexibility index (Phi) is 2.87. The number of hydrogen-bond donors (Lipinski definition) is 2. The van der Waals surface area contributed by atoms with Crippen LogP contribution < -0.4 is 11.1 Å². The van der Waals surface area contributed by atoms with E-state index in [1.807, 2.05) is 36.4 Å². The minimum absolute atomic E-state index is 0.669. The standard InChI is InChI=1S/C13H12N2O/c14-11-3-7-13(8-4-11)15-12-5-1-10(9-16)2-6-12/h1-9,15H,14H2. The molecule has 16 heavy (non-hydrogen) atoms. The minimum Gasteiger partial charge on any atom is -0.399 e. The van der Waals surface area contributed by atoms with Gasteiger partial charge in [-0.1, -0.05) is 0 Å². The van der Waals surface area contributed by atoms with Crippen molar-refractivity contribution < 1.29 is 4.79 Å². The number of nitrogen functional groups attached to an aromatic ring is 1. The zero-order valence-electron chi connectivity index (χ0n) is 8.68. The average Bonchev–Trinajstić information content (AvgIpc) is 2.33. The zero-order valence-corrected chi connectivity index (χ0v) is 8.68. The predicted molar refractivity (Wildman–Crippen MR) is 66.0 cm³/mol. The van der Waals surface area contributed by atoms with Crippen LogP contribution in [-0.4, -0.2) is 6.29 Å². The van der Waals surface area contributed by atoms with E-state index in [9.17, 15) is 4.79 Å². The van der Waals surface area contributed by atoms with E-state index in [1.165, 1.54) is 0 Å². The Morgan fingerprint density at radius 1 is 0.875 bits per heavy atom. The highest BCUT2D eigenvalue weighted by Gasteiger charge is 1.95. The lowest BCUT2D eigenvalue weighted by Gasteiger charge is -2.06. The van der Waals surface area contributed by atoms with Gasteiger partial charge in [0.15, 0.2) is 0 Å². The first kappa shape index (κ1) is 10.2. The second-order valence-corrected chi connectivity index (χ2v) is 3.49. The molecule has 0 bridgehead atoms. The van der Waals surface area contributed by atoms with Crippen LogP contribution >= 0.6 is 0 Å². The van der Waals surface area contributed by atoms with Gasteiger partial charge in [-0.2, -0.15) is 0 Å². The summed E-state index contributed by atoms with van der Waals surface area (Å²) in [7, 11) is 0. The zero-order chi connectivity index (χ0) is 11.4. The molecule has 0 radical (unpaired) electrons. The van der Waals surface area contributed by atoms with Crippen LogP contribution in [0, 0.1) is 0 Å². The van der Waals surface area contributed by atoms with Crippen molar-refractivity contribution in [3.8, 4) is 0 Å². The summed E-state index contributed by atoms with van der Waals surface area (Å²) < 4.78 is 0. The summed E-state index contributed by atoms with van der Waals surface area (Å²) in [5, 5.41) is 3.21. The molecule has 2 aromatic carbocycles. The number of carbonyl (C=O) groups excluding carboxylic acids is 1. The lowest BCUT2D eigenvalue weighted by atomic mass is 10.2. The molecule has 0 spiro atoms. The van der Waals surface area contributed by atoms with Crippen LogP contribution in [0.3, 0.4) is 0 Å². The summed E-state index contributed by atoms with van der Waals surface area (Å²) >= 11 is 0. The van der Waals surface area contributed by atoms with Gasteiger partial charge in [0, 0.05) is 22.6 Å². The van der Waals surface area contributed by atoms with Gasteiger partial charge in [-0.3, -0.25) is 4.79 Å². The summed E-state index contributed by atoms with van der Waals surface area (Å²) in [6.45, 7) is 0. The average molecular weight is 212 g/mol. The number of carbonyl (C=O) groups is 1. The molecule has 0 aromatic heterocycles. The highest BCUT2D eigenvalue weighted by Crippen LogP contribution is 2.17. The number of benzene rings is 2. The van der Waals surface area contributed by atoms with Crippen molar-refractivity contribution in [3.05, 3.63) is 54.1 Å². The fourth-order valence-corrected chi connectivity index (χ4v) is 1.38. The molecule has 3 N–H and O–H groups in total. The molecule has 2 rings (SSSR count). The van der Waals surface area contributed by atoms with Crippen LogP contribution in [-0.2, 0) is 0 Å². The lowest BCUT2D eigenvalue weighted by Crippen LogP contribution is -1.91. The Morgan fingerprint density at radius 2 is 1.38 bits per heavy atom. The monoisotopic (exact) mass is 212 g/mol. The molecule has 3 nitrogen and oxygen atoms in total. The number of anilines is 3. The molecular weight excluding hydrogens is 200 g/mol. The molecule has 3 heteroatoms. The van der Waals surface area contributed by atoms with Gasteiger partial charge in [0.1, 0.15) is 6.29 Å². The van der Waals surface area contributed by atoms with E-state index in [0.29, 0.717) is 5.56 Å². The second-order valence-electron chi connectivity index (χ2n) is 3.49. The van der Waals surface area contributed by atoms with Crippen molar-refractivity contribution in [1.29, 1.82) is 0 Å². The summed E-state index contributed by atoms with van der Waals surface area (Å²) in [5.41, 5.74) is 8.90. The normalized spacial score (nSPS) is 9.75. The third-order valence-corrected chi connectivity index (χ3v) is 2.25. The summed E-state index contributed by atoms with van der Waals surface area (Å²) in [6.07, 6.45) is 0.826. The van der Waals surface area contributed by atoms with Gasteiger partial charge in [-0.05, 0) is 48.5 Å².